The minimum absolute atomic E-state index is 0.128. The zero-order valence-corrected chi connectivity index (χ0v) is 15.5. The number of carboxylic acid groups (broad SMARTS) is 1. The lowest BCUT2D eigenvalue weighted by Gasteiger charge is -2.51. The number of aromatic nitrogens is 1. The highest BCUT2D eigenvalue weighted by molar-refractivity contribution is 8.01. The molecule has 24 heavy (non-hydrogen) atoms. The summed E-state index contributed by atoms with van der Waals surface area (Å²) in [5, 5.41) is 16.6. The van der Waals surface area contributed by atoms with Gasteiger partial charge in [0, 0.05) is 10.7 Å². The number of carbonyl (C=O) groups is 2. The van der Waals surface area contributed by atoms with Crippen molar-refractivity contribution in [1.82, 2.24) is 10.1 Å². The molecule has 2 aliphatic heterocycles. The van der Waals surface area contributed by atoms with Crippen molar-refractivity contribution >= 4 is 29.3 Å². The molecule has 2 N–H and O–H groups in total. The topological polar surface area (TPSA) is 95.7 Å². The molecule has 0 aliphatic carbocycles. The first-order valence-corrected chi connectivity index (χ1v) is 8.86. The normalized spacial score (nSPS) is 31.1. The van der Waals surface area contributed by atoms with Gasteiger partial charge in [-0.3, -0.25) is 4.79 Å². The lowest BCUT2D eigenvalue weighted by molar-refractivity contribution is -0.163. The van der Waals surface area contributed by atoms with Gasteiger partial charge in [0.2, 0.25) is 0 Å². The summed E-state index contributed by atoms with van der Waals surface area (Å²) >= 11 is 1.52. The third-order valence-corrected chi connectivity index (χ3v) is 6.56. The monoisotopic (exact) mass is 353 g/mol. The van der Waals surface area contributed by atoms with Crippen molar-refractivity contribution < 1.29 is 19.2 Å². The number of anilines is 1. The molecule has 1 aromatic rings. The molecule has 0 aromatic carbocycles. The van der Waals surface area contributed by atoms with Crippen LogP contribution in [0, 0.1) is 6.92 Å². The molecule has 0 bridgehead atoms. The van der Waals surface area contributed by atoms with E-state index in [2.05, 4.69) is 10.5 Å². The molecule has 2 fully saturated rings. The summed E-state index contributed by atoms with van der Waals surface area (Å²) in [6.45, 7) is 11.4. The molecule has 3 heterocycles. The Morgan fingerprint density at radius 1 is 1.42 bits per heavy atom. The van der Waals surface area contributed by atoms with E-state index in [-0.39, 0.29) is 17.2 Å². The Morgan fingerprint density at radius 3 is 2.58 bits per heavy atom. The third-order valence-electron chi connectivity index (χ3n) is 4.81. The Labute approximate surface area is 145 Å². The fourth-order valence-electron chi connectivity index (χ4n) is 3.53. The molecule has 132 valence electrons. The highest BCUT2D eigenvalue weighted by Gasteiger charge is 2.69. The maximum atomic E-state index is 12.8. The maximum Gasteiger partial charge on any atom is 0.327 e. The second-order valence-corrected chi connectivity index (χ2v) is 9.25. The summed E-state index contributed by atoms with van der Waals surface area (Å²) in [5.41, 5.74) is 0.562. The molecule has 0 saturated carbocycles. The number of carboxylic acids is 1. The molecule has 0 radical (unpaired) electrons. The summed E-state index contributed by atoms with van der Waals surface area (Å²) in [6.07, 6.45) is 0. The van der Waals surface area contributed by atoms with Crippen molar-refractivity contribution in [3.63, 3.8) is 0 Å². The smallest absolute Gasteiger partial charge is 0.327 e. The number of fused-ring (bicyclic) bond motifs is 1. The lowest BCUT2D eigenvalue weighted by Crippen LogP contribution is -2.75. The number of nitrogens with one attached hydrogen (secondary N) is 1. The number of nitrogens with zero attached hydrogens (tertiary/aromatic N) is 2. The van der Waals surface area contributed by atoms with E-state index in [0.717, 1.165) is 5.69 Å². The van der Waals surface area contributed by atoms with E-state index in [9.17, 15) is 14.7 Å². The van der Waals surface area contributed by atoms with Crippen molar-refractivity contribution in [2.24, 2.45) is 0 Å². The van der Waals surface area contributed by atoms with Crippen molar-refractivity contribution in [1.29, 1.82) is 0 Å². The minimum Gasteiger partial charge on any atom is -0.480 e. The van der Waals surface area contributed by atoms with Crippen LogP contribution in [-0.2, 0) is 9.59 Å². The molecular weight excluding hydrogens is 330 g/mol. The molecule has 1 amide bonds. The van der Waals surface area contributed by atoms with Crippen LogP contribution in [0.15, 0.2) is 4.52 Å². The summed E-state index contributed by atoms with van der Waals surface area (Å²) in [6, 6.07) is -0.817. The molecule has 3 atom stereocenters. The van der Waals surface area contributed by atoms with Crippen LogP contribution in [0.3, 0.4) is 0 Å². The van der Waals surface area contributed by atoms with Crippen LogP contribution >= 0.6 is 11.8 Å². The first-order valence-electron chi connectivity index (χ1n) is 7.98. The fourth-order valence-corrected chi connectivity index (χ4v) is 5.18. The Morgan fingerprint density at radius 2 is 2.04 bits per heavy atom. The number of carbonyl (C=O) groups excluding carboxylic acids is 1. The van der Waals surface area contributed by atoms with E-state index < -0.39 is 22.3 Å². The third kappa shape index (κ3) is 2.15. The number of rotatable bonds is 4. The first kappa shape index (κ1) is 17.1. The van der Waals surface area contributed by atoms with Crippen LogP contribution < -0.4 is 5.32 Å². The van der Waals surface area contributed by atoms with Crippen LogP contribution in [0.5, 0.6) is 0 Å². The van der Waals surface area contributed by atoms with Gasteiger partial charge in [0.1, 0.15) is 28.3 Å². The summed E-state index contributed by atoms with van der Waals surface area (Å²) in [5.74, 6) is -0.331. The lowest BCUT2D eigenvalue weighted by atomic mass is 9.85. The van der Waals surface area contributed by atoms with Crippen LogP contribution in [-0.4, -0.2) is 48.7 Å². The van der Waals surface area contributed by atoms with Gasteiger partial charge in [-0.25, -0.2) is 4.79 Å². The Hall–Kier alpha value is -1.70. The maximum absolute atomic E-state index is 12.8. The van der Waals surface area contributed by atoms with Gasteiger partial charge in [-0.1, -0.05) is 19.0 Å². The number of hydrogen-bond acceptors (Lipinski definition) is 6. The molecule has 7 nitrogen and oxygen atoms in total. The standard InChI is InChI=1S/C16H23N3O4S/c1-7(2)10-9(8(3)18-23-10)17-16(6)13(22)19-11(12(20)21)15(4,5)24-14(16)19/h7,11,14,17H,1-6H3,(H,20,21)/t11-,14+,16?/m0/s1. The van der Waals surface area contributed by atoms with Gasteiger partial charge in [0.25, 0.3) is 5.91 Å². The Balaban J connectivity index is 1.93. The zero-order chi connectivity index (χ0) is 18.0. The van der Waals surface area contributed by atoms with E-state index in [1.54, 1.807) is 0 Å². The SMILES string of the molecule is Cc1noc(C(C)C)c1NC1(C)C(=O)N2[C@@H](C(=O)O)C(C)(C)S[C@@H]21. The molecule has 2 aliphatic rings. The van der Waals surface area contributed by atoms with Crippen molar-refractivity contribution in [2.45, 2.75) is 69.2 Å². The Bertz CT molecular complexity index is 714. The van der Waals surface area contributed by atoms with Gasteiger partial charge in [-0.15, -0.1) is 11.8 Å². The van der Waals surface area contributed by atoms with E-state index in [1.807, 2.05) is 41.5 Å². The quantitative estimate of drug-likeness (QED) is 0.803. The first-order chi connectivity index (χ1) is 11.0. The average molecular weight is 353 g/mol. The fraction of sp³-hybridized carbons (Fsp3) is 0.688. The molecule has 8 heteroatoms. The van der Waals surface area contributed by atoms with Gasteiger partial charge in [0.05, 0.1) is 0 Å². The van der Waals surface area contributed by atoms with Crippen molar-refractivity contribution in [3.8, 4) is 0 Å². The minimum atomic E-state index is -0.963. The number of β-lactam (4-membered cyclic amide) rings is 1. The molecular formula is C16H23N3O4S. The van der Waals surface area contributed by atoms with Gasteiger partial charge in [-0.05, 0) is 27.7 Å². The second-order valence-electron chi connectivity index (χ2n) is 7.52. The van der Waals surface area contributed by atoms with Crippen molar-refractivity contribution in [2.75, 3.05) is 5.32 Å². The van der Waals surface area contributed by atoms with Crippen LogP contribution in [0.25, 0.3) is 0 Å². The van der Waals surface area contributed by atoms with Crippen LogP contribution in [0.1, 0.15) is 52.0 Å². The van der Waals surface area contributed by atoms with E-state index in [0.29, 0.717) is 11.5 Å². The molecule has 0 spiro atoms. The summed E-state index contributed by atoms with van der Waals surface area (Å²) in [4.78, 5) is 25.9. The largest absolute Gasteiger partial charge is 0.480 e. The zero-order valence-electron chi connectivity index (χ0n) is 14.7. The predicted molar refractivity (Wildman–Crippen MR) is 91.1 cm³/mol. The summed E-state index contributed by atoms with van der Waals surface area (Å²) in [7, 11) is 0. The number of amides is 1. The Kier molecular flexibility index (Phi) is 3.67. The highest BCUT2D eigenvalue weighted by Crippen LogP contribution is 2.55. The van der Waals surface area contributed by atoms with Gasteiger partial charge >= 0.3 is 5.97 Å². The highest BCUT2D eigenvalue weighted by atomic mass is 32.2. The number of hydrogen-bond donors (Lipinski definition) is 2. The van der Waals surface area contributed by atoms with E-state index in [1.165, 1.54) is 16.7 Å². The predicted octanol–water partition coefficient (Wildman–Crippen LogP) is 2.42. The second kappa shape index (κ2) is 5.15. The average Bonchev–Trinajstić information content (AvgIpc) is 2.95. The number of thioether (sulfide) groups is 1. The number of aliphatic carboxylic acids is 1. The van der Waals surface area contributed by atoms with E-state index >= 15 is 0 Å². The van der Waals surface area contributed by atoms with Gasteiger partial charge in [-0.2, -0.15) is 0 Å². The van der Waals surface area contributed by atoms with Crippen LogP contribution in [0.2, 0.25) is 0 Å². The molecule has 3 rings (SSSR count). The van der Waals surface area contributed by atoms with Gasteiger partial charge < -0.3 is 19.8 Å². The van der Waals surface area contributed by atoms with Crippen molar-refractivity contribution in [3.05, 3.63) is 11.5 Å². The van der Waals surface area contributed by atoms with Crippen LogP contribution in [0.4, 0.5) is 5.69 Å². The van der Waals surface area contributed by atoms with Gasteiger partial charge in [0.15, 0.2) is 5.76 Å². The summed E-state index contributed by atoms with van der Waals surface area (Å²) < 4.78 is 4.83. The molecule has 1 unspecified atom stereocenters. The molecule has 1 aromatic heterocycles. The number of aryl methyl sites for hydroxylation is 1. The molecule has 2 saturated heterocycles. The van der Waals surface area contributed by atoms with E-state index in [4.69, 9.17) is 4.52 Å².